The summed E-state index contributed by atoms with van der Waals surface area (Å²) in [6, 6.07) is 4.33. The zero-order valence-electron chi connectivity index (χ0n) is 17.5. The second-order valence-corrected chi connectivity index (χ2v) is 7.23. The number of carbonyl (C=O) groups excluding carboxylic acids is 4. The minimum atomic E-state index is -0.566. The molecule has 0 fully saturated rings. The molecule has 0 spiro atoms. The van der Waals surface area contributed by atoms with Gasteiger partial charge in [0.05, 0.1) is 17.1 Å². The number of rotatable bonds is 13. The Bertz CT molecular complexity index is 895. The lowest BCUT2D eigenvalue weighted by molar-refractivity contribution is -0.385. The molecule has 1 aliphatic heterocycles. The fraction of sp³-hybridized carbons (Fsp3) is 0.429. The van der Waals surface area contributed by atoms with E-state index in [1.54, 1.807) is 0 Å². The molecule has 3 N–H and O–H groups in total. The summed E-state index contributed by atoms with van der Waals surface area (Å²) in [4.78, 5) is 57.8. The average Bonchev–Trinajstić information content (AvgIpc) is 3.09. The Labute approximate surface area is 184 Å². The van der Waals surface area contributed by atoms with Crippen molar-refractivity contribution >= 4 is 29.3 Å². The number of nitrogens with zero attached hydrogens (tertiary/aromatic N) is 2. The van der Waals surface area contributed by atoms with Crippen LogP contribution in [0.25, 0.3) is 0 Å². The van der Waals surface area contributed by atoms with Crippen molar-refractivity contribution < 1.29 is 29.2 Å². The fourth-order valence-corrected chi connectivity index (χ4v) is 3.11. The second kappa shape index (κ2) is 12.3. The van der Waals surface area contributed by atoms with Gasteiger partial charge >= 0.3 is 0 Å². The van der Waals surface area contributed by atoms with Gasteiger partial charge in [0.2, 0.25) is 11.8 Å². The summed E-state index contributed by atoms with van der Waals surface area (Å²) in [5.41, 5.74) is 0.688. The molecule has 11 heteroatoms. The number of benzene rings is 1. The smallest absolute Gasteiger partial charge is 0.274 e. The van der Waals surface area contributed by atoms with Crippen molar-refractivity contribution in [1.82, 2.24) is 15.5 Å². The van der Waals surface area contributed by atoms with Gasteiger partial charge in [-0.3, -0.25) is 34.2 Å². The number of hydrogen-bond acceptors (Lipinski definition) is 7. The van der Waals surface area contributed by atoms with Crippen LogP contribution in [0.3, 0.4) is 0 Å². The molecule has 1 heterocycles. The maximum absolute atomic E-state index is 11.9. The van der Waals surface area contributed by atoms with Crippen LogP contribution in [-0.4, -0.2) is 51.6 Å². The van der Waals surface area contributed by atoms with Crippen molar-refractivity contribution in [1.29, 1.82) is 0 Å². The zero-order valence-corrected chi connectivity index (χ0v) is 17.5. The number of aliphatic hydroxyl groups is 1. The third kappa shape index (κ3) is 7.58. The van der Waals surface area contributed by atoms with Gasteiger partial charge in [-0.1, -0.05) is 12.5 Å². The Morgan fingerprint density at radius 2 is 1.69 bits per heavy atom. The van der Waals surface area contributed by atoms with E-state index in [1.807, 2.05) is 0 Å². The predicted molar refractivity (Wildman–Crippen MR) is 113 cm³/mol. The maximum atomic E-state index is 11.9. The molecular formula is C21H26N4O7. The van der Waals surface area contributed by atoms with Crippen molar-refractivity contribution in [3.05, 3.63) is 51.6 Å². The van der Waals surface area contributed by atoms with Crippen LogP contribution < -0.4 is 10.6 Å². The molecule has 0 bridgehead atoms. The van der Waals surface area contributed by atoms with Crippen molar-refractivity contribution in [3.8, 4) is 0 Å². The van der Waals surface area contributed by atoms with E-state index in [0.717, 1.165) is 11.3 Å². The summed E-state index contributed by atoms with van der Waals surface area (Å²) in [7, 11) is 0. The third-order valence-electron chi connectivity index (χ3n) is 4.87. The molecule has 4 amide bonds. The molecule has 11 nitrogen and oxygen atoms in total. The summed E-state index contributed by atoms with van der Waals surface area (Å²) < 4.78 is 0. The summed E-state index contributed by atoms with van der Waals surface area (Å²) in [6.07, 6.45) is 4.75. The molecule has 0 aromatic heterocycles. The van der Waals surface area contributed by atoms with Crippen molar-refractivity contribution in [2.24, 2.45) is 0 Å². The van der Waals surface area contributed by atoms with Crippen molar-refractivity contribution in [2.45, 2.75) is 45.3 Å². The Morgan fingerprint density at radius 1 is 1.00 bits per heavy atom. The van der Waals surface area contributed by atoms with E-state index in [1.165, 1.54) is 30.4 Å². The predicted octanol–water partition coefficient (Wildman–Crippen LogP) is 0.695. The molecule has 172 valence electrons. The van der Waals surface area contributed by atoms with Crippen LogP contribution in [0, 0.1) is 10.1 Å². The Hall–Kier alpha value is -3.60. The molecule has 0 saturated heterocycles. The summed E-state index contributed by atoms with van der Waals surface area (Å²) >= 11 is 0. The molecule has 32 heavy (non-hydrogen) atoms. The highest BCUT2D eigenvalue weighted by Crippen LogP contribution is 2.20. The third-order valence-corrected chi connectivity index (χ3v) is 4.87. The summed E-state index contributed by atoms with van der Waals surface area (Å²) in [5, 5.41) is 25.6. The molecule has 0 radical (unpaired) electrons. The number of aliphatic hydroxyl groups excluding tert-OH is 1. The lowest BCUT2D eigenvalue weighted by Crippen LogP contribution is -2.34. The molecule has 0 aliphatic carbocycles. The number of nitro benzene ring substituents is 1. The molecule has 0 saturated carbocycles. The van der Waals surface area contributed by atoms with E-state index in [4.69, 9.17) is 0 Å². The van der Waals surface area contributed by atoms with E-state index in [0.29, 0.717) is 31.4 Å². The lowest BCUT2D eigenvalue weighted by Gasteiger charge is -2.13. The van der Waals surface area contributed by atoms with E-state index >= 15 is 0 Å². The van der Waals surface area contributed by atoms with E-state index in [9.17, 15) is 34.4 Å². The van der Waals surface area contributed by atoms with Crippen LogP contribution in [-0.2, 0) is 32.3 Å². The SMILES string of the molecule is O=C(CCN1C(=O)C=CC1=O)NCCCCCC(=O)NCc1ccc([N+](=O)[O-])c(CO)c1. The quantitative estimate of drug-likeness (QED) is 0.174. The van der Waals surface area contributed by atoms with E-state index in [2.05, 4.69) is 10.6 Å². The van der Waals surface area contributed by atoms with Gasteiger partial charge in [-0.2, -0.15) is 0 Å². The molecule has 2 rings (SSSR count). The second-order valence-electron chi connectivity index (χ2n) is 7.23. The molecule has 1 aliphatic rings. The number of imide groups is 1. The Kier molecular flexibility index (Phi) is 9.48. The zero-order chi connectivity index (χ0) is 23.5. The molecule has 1 aromatic rings. The maximum Gasteiger partial charge on any atom is 0.274 e. The Morgan fingerprint density at radius 3 is 2.34 bits per heavy atom. The summed E-state index contributed by atoms with van der Waals surface area (Å²) in [6.45, 7) is 0.232. The minimum absolute atomic E-state index is 0.0439. The monoisotopic (exact) mass is 446 g/mol. The van der Waals surface area contributed by atoms with Gasteiger partial charge in [-0.25, -0.2) is 0 Å². The average molecular weight is 446 g/mol. The highest BCUT2D eigenvalue weighted by Gasteiger charge is 2.23. The fourth-order valence-electron chi connectivity index (χ4n) is 3.11. The Balaban J connectivity index is 1.55. The number of hydrogen-bond donors (Lipinski definition) is 3. The highest BCUT2D eigenvalue weighted by molar-refractivity contribution is 6.13. The number of nitro groups is 1. The molecule has 0 unspecified atom stereocenters. The van der Waals surface area contributed by atoms with Crippen LogP contribution in [0.2, 0.25) is 0 Å². The lowest BCUT2D eigenvalue weighted by atomic mass is 10.1. The number of amides is 4. The first-order chi connectivity index (χ1) is 15.3. The van der Waals surface area contributed by atoms with Gasteiger partial charge in [0.25, 0.3) is 17.5 Å². The van der Waals surface area contributed by atoms with Crippen LogP contribution in [0.4, 0.5) is 5.69 Å². The molecule has 0 atom stereocenters. The molecular weight excluding hydrogens is 420 g/mol. The van der Waals surface area contributed by atoms with Gasteiger partial charge in [0.1, 0.15) is 0 Å². The summed E-state index contributed by atoms with van der Waals surface area (Å²) in [5.74, 6) is -1.24. The van der Waals surface area contributed by atoms with Gasteiger partial charge in [-0.15, -0.1) is 0 Å². The van der Waals surface area contributed by atoms with Gasteiger partial charge in [-0.05, 0) is 24.5 Å². The van der Waals surface area contributed by atoms with Crippen LogP contribution in [0.15, 0.2) is 30.4 Å². The van der Waals surface area contributed by atoms with Crippen molar-refractivity contribution in [3.63, 3.8) is 0 Å². The van der Waals surface area contributed by atoms with Crippen molar-refractivity contribution in [2.75, 3.05) is 13.1 Å². The number of carbonyl (C=O) groups is 4. The first-order valence-electron chi connectivity index (χ1n) is 10.3. The minimum Gasteiger partial charge on any atom is -0.391 e. The van der Waals surface area contributed by atoms with Crippen LogP contribution in [0.5, 0.6) is 0 Å². The standard InChI is InChI=1S/C21H26N4O7/c26-14-16-12-15(5-6-17(16)25(31)32)13-23-18(27)4-2-1-3-10-22-19(28)9-11-24-20(29)7-8-21(24)30/h5-8,12,26H,1-4,9-11,13-14H2,(H,22,28)(H,23,27). The van der Waals surface area contributed by atoms with Gasteiger partial charge in [0, 0.05) is 50.7 Å². The number of nitrogens with one attached hydrogen (secondary N) is 2. The largest absolute Gasteiger partial charge is 0.391 e. The van der Waals surface area contributed by atoms with E-state index < -0.39 is 23.3 Å². The normalized spacial score (nSPS) is 12.8. The van der Waals surface area contributed by atoms with Gasteiger partial charge < -0.3 is 15.7 Å². The highest BCUT2D eigenvalue weighted by atomic mass is 16.6. The number of unbranched alkanes of at least 4 members (excludes halogenated alkanes) is 2. The molecule has 1 aromatic carbocycles. The van der Waals surface area contributed by atoms with Crippen LogP contribution >= 0.6 is 0 Å². The van der Waals surface area contributed by atoms with Crippen LogP contribution in [0.1, 0.15) is 43.2 Å². The van der Waals surface area contributed by atoms with Gasteiger partial charge in [0.15, 0.2) is 0 Å². The topological polar surface area (TPSA) is 159 Å². The first-order valence-corrected chi connectivity index (χ1v) is 10.3. The first kappa shape index (κ1) is 24.7. The van der Waals surface area contributed by atoms with E-state index in [-0.39, 0.29) is 42.6 Å².